The molecular weight excluding hydrogens is 200 g/mol. The highest BCUT2D eigenvalue weighted by molar-refractivity contribution is 6.32. The predicted octanol–water partition coefficient (Wildman–Crippen LogP) is 3.36. The Balaban J connectivity index is 2.51. The number of fused-ring (bicyclic) bond motifs is 1. The number of hydrogen-bond acceptors (Lipinski definition) is 2. The summed E-state index contributed by atoms with van der Waals surface area (Å²) in [4.78, 5) is 0. The van der Waals surface area contributed by atoms with Crippen LogP contribution in [0.5, 0.6) is 5.75 Å². The van der Waals surface area contributed by atoms with E-state index in [1.807, 2.05) is 26.0 Å². The van der Waals surface area contributed by atoms with Crippen LogP contribution in [-0.2, 0) is 4.74 Å². The number of rotatable bonds is 0. The summed E-state index contributed by atoms with van der Waals surface area (Å²) in [5.41, 5.74) is 0.900. The van der Waals surface area contributed by atoms with Crippen molar-refractivity contribution in [2.75, 3.05) is 0 Å². The minimum absolute atomic E-state index is 0.229. The number of benzene rings is 1. The van der Waals surface area contributed by atoms with Crippen molar-refractivity contribution in [2.45, 2.75) is 25.7 Å². The standard InChI is InChI=1S/C11H12ClO2/c1-7-8-5-4-6-9(12)10(8)14-11(2,3)13-7/h4-7H,1H2,2-3H3. The second kappa shape index (κ2) is 3.14. The zero-order chi connectivity index (χ0) is 10.3. The van der Waals surface area contributed by atoms with Gasteiger partial charge in [-0.2, -0.15) is 0 Å². The van der Waals surface area contributed by atoms with E-state index in [2.05, 4.69) is 6.92 Å². The molecule has 1 aromatic carbocycles. The zero-order valence-electron chi connectivity index (χ0n) is 8.21. The molecule has 0 spiro atoms. The van der Waals surface area contributed by atoms with Crippen molar-refractivity contribution < 1.29 is 9.47 Å². The molecular formula is C11H12ClO2. The van der Waals surface area contributed by atoms with Gasteiger partial charge in [-0.25, -0.2) is 0 Å². The predicted molar refractivity (Wildman–Crippen MR) is 55.3 cm³/mol. The van der Waals surface area contributed by atoms with E-state index in [1.165, 1.54) is 0 Å². The monoisotopic (exact) mass is 211 g/mol. The molecule has 3 heteroatoms. The van der Waals surface area contributed by atoms with Gasteiger partial charge in [0.05, 0.1) is 11.1 Å². The van der Waals surface area contributed by atoms with Crippen LogP contribution >= 0.6 is 11.6 Å². The van der Waals surface area contributed by atoms with E-state index in [9.17, 15) is 0 Å². The Kier molecular flexibility index (Phi) is 2.20. The SMILES string of the molecule is [CH2]C1OC(C)(C)Oc2c(Cl)cccc21. The number of ether oxygens (including phenoxy) is 2. The molecule has 0 saturated carbocycles. The minimum atomic E-state index is -0.662. The van der Waals surface area contributed by atoms with Crippen molar-refractivity contribution in [3.63, 3.8) is 0 Å². The van der Waals surface area contributed by atoms with Gasteiger partial charge >= 0.3 is 0 Å². The maximum absolute atomic E-state index is 6.03. The van der Waals surface area contributed by atoms with Gasteiger partial charge < -0.3 is 9.47 Å². The van der Waals surface area contributed by atoms with E-state index in [0.29, 0.717) is 10.8 Å². The number of para-hydroxylation sites is 1. The first kappa shape index (κ1) is 9.81. The fourth-order valence-corrected chi connectivity index (χ4v) is 1.78. The van der Waals surface area contributed by atoms with E-state index in [4.69, 9.17) is 21.1 Å². The van der Waals surface area contributed by atoms with E-state index in [-0.39, 0.29) is 6.10 Å². The van der Waals surface area contributed by atoms with E-state index in [0.717, 1.165) is 5.56 Å². The Hall–Kier alpha value is -0.730. The smallest absolute Gasteiger partial charge is 0.205 e. The normalized spacial score (nSPS) is 23.9. The Morgan fingerprint density at radius 1 is 1.43 bits per heavy atom. The van der Waals surface area contributed by atoms with Crippen LogP contribution in [0.15, 0.2) is 18.2 Å². The summed E-state index contributed by atoms with van der Waals surface area (Å²) in [7, 11) is 0. The lowest BCUT2D eigenvalue weighted by Gasteiger charge is -2.36. The van der Waals surface area contributed by atoms with Crippen LogP contribution in [0.1, 0.15) is 25.5 Å². The lowest BCUT2D eigenvalue weighted by molar-refractivity contribution is -0.195. The first-order valence-electron chi connectivity index (χ1n) is 4.48. The van der Waals surface area contributed by atoms with Crippen LogP contribution in [0, 0.1) is 6.92 Å². The van der Waals surface area contributed by atoms with Gasteiger partial charge in [-0.1, -0.05) is 23.7 Å². The average molecular weight is 212 g/mol. The molecule has 1 heterocycles. The fraction of sp³-hybridized carbons (Fsp3) is 0.364. The Morgan fingerprint density at radius 2 is 2.14 bits per heavy atom. The summed E-state index contributed by atoms with van der Waals surface area (Å²) in [6.07, 6.45) is -0.229. The largest absolute Gasteiger partial charge is 0.461 e. The van der Waals surface area contributed by atoms with Crippen molar-refractivity contribution in [2.24, 2.45) is 0 Å². The highest BCUT2D eigenvalue weighted by Gasteiger charge is 2.33. The van der Waals surface area contributed by atoms with Gasteiger partial charge in [-0.05, 0) is 13.0 Å². The van der Waals surface area contributed by atoms with Crippen molar-refractivity contribution in [1.82, 2.24) is 0 Å². The van der Waals surface area contributed by atoms with Gasteiger partial charge in [0.1, 0.15) is 5.75 Å². The quantitative estimate of drug-likeness (QED) is 0.655. The number of halogens is 1. The molecule has 1 aliphatic rings. The van der Waals surface area contributed by atoms with Crippen LogP contribution in [0.2, 0.25) is 5.02 Å². The van der Waals surface area contributed by atoms with Crippen LogP contribution in [-0.4, -0.2) is 5.79 Å². The third-order valence-electron chi connectivity index (χ3n) is 2.12. The van der Waals surface area contributed by atoms with Gasteiger partial charge in [0.25, 0.3) is 0 Å². The molecule has 1 aromatic rings. The summed E-state index contributed by atoms with van der Waals surface area (Å²) < 4.78 is 11.2. The molecule has 75 valence electrons. The molecule has 2 nitrogen and oxygen atoms in total. The molecule has 1 unspecified atom stereocenters. The topological polar surface area (TPSA) is 18.5 Å². The lowest BCUT2D eigenvalue weighted by atomic mass is 10.1. The van der Waals surface area contributed by atoms with Crippen molar-refractivity contribution >= 4 is 11.6 Å². The summed E-state index contributed by atoms with van der Waals surface area (Å²) >= 11 is 6.03. The van der Waals surface area contributed by atoms with Gasteiger partial charge in [0.2, 0.25) is 5.79 Å². The van der Waals surface area contributed by atoms with Crippen molar-refractivity contribution in [1.29, 1.82) is 0 Å². The third kappa shape index (κ3) is 1.60. The summed E-state index contributed by atoms with van der Waals surface area (Å²) in [6, 6.07) is 5.58. The Bertz CT molecular complexity index is 360. The highest BCUT2D eigenvalue weighted by atomic mass is 35.5. The van der Waals surface area contributed by atoms with Gasteiger partial charge in [0.15, 0.2) is 0 Å². The molecule has 1 atom stereocenters. The third-order valence-corrected chi connectivity index (χ3v) is 2.42. The Labute approximate surface area is 88.8 Å². The fourth-order valence-electron chi connectivity index (χ4n) is 1.56. The molecule has 0 fully saturated rings. The van der Waals surface area contributed by atoms with Crippen molar-refractivity contribution in [3.05, 3.63) is 35.7 Å². The van der Waals surface area contributed by atoms with Crippen molar-refractivity contribution in [3.8, 4) is 5.75 Å². The minimum Gasteiger partial charge on any atom is -0.461 e. The van der Waals surface area contributed by atoms with E-state index in [1.54, 1.807) is 6.07 Å². The van der Waals surface area contributed by atoms with Gasteiger partial charge in [-0.15, -0.1) is 0 Å². The van der Waals surface area contributed by atoms with Crippen LogP contribution < -0.4 is 4.74 Å². The molecule has 1 aliphatic heterocycles. The molecule has 2 rings (SSSR count). The molecule has 1 radical (unpaired) electrons. The van der Waals surface area contributed by atoms with Gasteiger partial charge in [0, 0.05) is 19.4 Å². The van der Waals surface area contributed by atoms with Crippen LogP contribution in [0.25, 0.3) is 0 Å². The first-order chi connectivity index (χ1) is 6.49. The second-order valence-corrected chi connectivity index (χ2v) is 4.17. The summed E-state index contributed by atoms with van der Waals surface area (Å²) in [6.45, 7) is 7.60. The molecule has 0 aliphatic carbocycles. The molecule has 0 amide bonds. The van der Waals surface area contributed by atoms with E-state index >= 15 is 0 Å². The molecule has 0 N–H and O–H groups in total. The average Bonchev–Trinajstić information content (AvgIpc) is 2.05. The molecule has 0 bridgehead atoms. The Morgan fingerprint density at radius 3 is 2.86 bits per heavy atom. The van der Waals surface area contributed by atoms with Crippen LogP contribution in [0.3, 0.4) is 0 Å². The zero-order valence-corrected chi connectivity index (χ0v) is 8.97. The van der Waals surface area contributed by atoms with Crippen LogP contribution in [0.4, 0.5) is 0 Å². The highest BCUT2D eigenvalue weighted by Crippen LogP contribution is 2.41. The molecule has 14 heavy (non-hydrogen) atoms. The summed E-state index contributed by atoms with van der Waals surface area (Å²) in [5, 5.41) is 0.604. The summed E-state index contributed by atoms with van der Waals surface area (Å²) in [5.74, 6) is 0.0233. The number of hydrogen-bond donors (Lipinski definition) is 0. The first-order valence-corrected chi connectivity index (χ1v) is 4.86. The molecule has 0 saturated heterocycles. The maximum Gasteiger partial charge on any atom is 0.205 e. The second-order valence-electron chi connectivity index (χ2n) is 3.77. The lowest BCUT2D eigenvalue weighted by Crippen LogP contribution is -2.37. The van der Waals surface area contributed by atoms with Gasteiger partial charge in [-0.3, -0.25) is 0 Å². The molecule has 0 aromatic heterocycles. The maximum atomic E-state index is 6.03. The van der Waals surface area contributed by atoms with E-state index < -0.39 is 5.79 Å².